The number of pyridine rings is 1. The van der Waals surface area contributed by atoms with Gasteiger partial charge in [-0.2, -0.15) is 0 Å². The summed E-state index contributed by atoms with van der Waals surface area (Å²) in [6.45, 7) is 16.3. The van der Waals surface area contributed by atoms with Gasteiger partial charge in [-0.3, -0.25) is 9.88 Å². The molecule has 3 nitrogen and oxygen atoms in total. The average molecular weight is 338 g/mol. The molecule has 1 aliphatic heterocycles. The van der Waals surface area contributed by atoms with Crippen LogP contribution in [0, 0.1) is 0 Å². The monoisotopic (exact) mass is 337 g/mol. The van der Waals surface area contributed by atoms with Gasteiger partial charge in [0.2, 0.25) is 0 Å². The van der Waals surface area contributed by atoms with Gasteiger partial charge in [0.15, 0.2) is 0 Å². The minimum absolute atomic E-state index is 0.348. The molecule has 1 aromatic rings. The lowest BCUT2D eigenvalue weighted by Gasteiger charge is -2.31. The highest BCUT2D eigenvalue weighted by Gasteiger charge is 2.19. The molecule has 0 spiro atoms. The van der Waals surface area contributed by atoms with E-state index in [-0.39, 0.29) is 0 Å². The van der Waals surface area contributed by atoms with Crippen molar-refractivity contribution in [3.05, 3.63) is 65.2 Å². The third-order valence-electron chi connectivity index (χ3n) is 5.03. The fourth-order valence-electron chi connectivity index (χ4n) is 3.30. The summed E-state index contributed by atoms with van der Waals surface area (Å²) in [7, 11) is 2.17. The van der Waals surface area contributed by atoms with Crippen LogP contribution in [0.2, 0.25) is 0 Å². The Morgan fingerprint density at radius 3 is 2.72 bits per heavy atom. The van der Waals surface area contributed by atoms with Gasteiger partial charge in [0.05, 0.1) is 5.69 Å². The van der Waals surface area contributed by atoms with Crippen molar-refractivity contribution < 1.29 is 0 Å². The topological polar surface area (TPSA) is 28.2 Å². The van der Waals surface area contributed by atoms with Crippen molar-refractivity contribution in [2.75, 3.05) is 13.6 Å². The minimum Gasteiger partial charge on any atom is -0.384 e. The van der Waals surface area contributed by atoms with E-state index in [1.807, 2.05) is 24.4 Å². The highest BCUT2D eigenvalue weighted by Crippen LogP contribution is 2.23. The van der Waals surface area contributed by atoms with Crippen molar-refractivity contribution >= 4 is 12.2 Å². The van der Waals surface area contributed by atoms with Crippen LogP contribution in [-0.2, 0) is 6.54 Å². The van der Waals surface area contributed by atoms with Crippen LogP contribution >= 0.6 is 0 Å². The number of hydrogen-bond donors (Lipinski definition) is 1. The van der Waals surface area contributed by atoms with E-state index in [1.54, 1.807) is 0 Å². The fraction of sp³-hybridized carbons (Fsp3) is 0.409. The zero-order valence-corrected chi connectivity index (χ0v) is 16.1. The largest absolute Gasteiger partial charge is 0.384 e. The van der Waals surface area contributed by atoms with E-state index in [1.165, 1.54) is 28.8 Å². The van der Waals surface area contributed by atoms with E-state index in [2.05, 4.69) is 62.3 Å². The summed E-state index contributed by atoms with van der Waals surface area (Å²) < 4.78 is 0. The molecular formula is C22H31N3. The summed E-state index contributed by atoms with van der Waals surface area (Å²) >= 11 is 0. The molecule has 0 amide bonds. The van der Waals surface area contributed by atoms with E-state index >= 15 is 0 Å². The maximum Gasteiger partial charge on any atom is 0.0674 e. The molecule has 1 N–H and O–H groups in total. The summed E-state index contributed by atoms with van der Waals surface area (Å²) in [4.78, 5) is 6.81. The first-order chi connectivity index (χ1) is 12.0. The lowest BCUT2D eigenvalue weighted by molar-refractivity contribution is 0.274. The quantitative estimate of drug-likeness (QED) is 0.739. The standard InChI is InChI=1S/C22H31N3/c1-7-10-22-16(4)13-19(14-24-22)17(5)25(6)15-20-18(8-2)11-12-23-21(20)9-3/h8-9,11-13,17,24H,2-3,7,10,14-15H2,1,4-6H3. The molecule has 1 aliphatic rings. The highest BCUT2D eigenvalue weighted by atomic mass is 15.1. The molecular weight excluding hydrogens is 306 g/mol. The van der Waals surface area contributed by atoms with Crippen LogP contribution < -0.4 is 5.32 Å². The maximum absolute atomic E-state index is 4.45. The van der Waals surface area contributed by atoms with Crippen LogP contribution in [-0.4, -0.2) is 29.5 Å². The van der Waals surface area contributed by atoms with E-state index < -0.39 is 0 Å². The number of nitrogens with one attached hydrogen (secondary N) is 1. The maximum atomic E-state index is 4.45. The van der Waals surface area contributed by atoms with E-state index in [0.717, 1.165) is 30.8 Å². The average Bonchev–Trinajstić information content (AvgIpc) is 2.62. The van der Waals surface area contributed by atoms with E-state index in [0.29, 0.717) is 6.04 Å². The van der Waals surface area contributed by atoms with Crippen molar-refractivity contribution in [3.8, 4) is 0 Å². The molecule has 0 saturated carbocycles. The van der Waals surface area contributed by atoms with Crippen molar-refractivity contribution in [2.45, 2.75) is 46.2 Å². The summed E-state index contributed by atoms with van der Waals surface area (Å²) in [5.74, 6) is 0. The van der Waals surface area contributed by atoms with Crippen molar-refractivity contribution in [1.82, 2.24) is 15.2 Å². The predicted molar refractivity (Wildman–Crippen MR) is 109 cm³/mol. The molecule has 1 atom stereocenters. The Bertz CT molecular complexity index is 671. The van der Waals surface area contributed by atoms with Crippen LogP contribution in [0.3, 0.4) is 0 Å². The van der Waals surface area contributed by atoms with E-state index in [9.17, 15) is 0 Å². The lowest BCUT2D eigenvalue weighted by atomic mass is 9.97. The van der Waals surface area contributed by atoms with Gasteiger partial charge in [-0.05, 0) is 61.7 Å². The number of rotatable bonds is 8. The Morgan fingerprint density at radius 2 is 2.12 bits per heavy atom. The number of hydrogen-bond acceptors (Lipinski definition) is 3. The Hall–Kier alpha value is -2.13. The van der Waals surface area contributed by atoms with Crippen molar-refractivity contribution in [3.63, 3.8) is 0 Å². The molecule has 0 fully saturated rings. The molecule has 0 bridgehead atoms. The predicted octanol–water partition coefficient (Wildman–Crippen LogP) is 4.79. The molecule has 0 saturated heterocycles. The van der Waals surface area contributed by atoms with Crippen LogP contribution in [0.1, 0.15) is 50.4 Å². The van der Waals surface area contributed by atoms with Crippen LogP contribution in [0.5, 0.6) is 0 Å². The summed E-state index contributed by atoms with van der Waals surface area (Å²) in [6.07, 6.45) is 10.2. The molecule has 2 rings (SSSR count). The van der Waals surface area contributed by atoms with Gasteiger partial charge in [0.25, 0.3) is 0 Å². The Kier molecular flexibility index (Phi) is 6.77. The first-order valence-corrected chi connectivity index (χ1v) is 9.08. The Balaban J connectivity index is 2.19. The zero-order valence-electron chi connectivity index (χ0n) is 16.1. The normalized spacial score (nSPS) is 15.6. The van der Waals surface area contributed by atoms with Crippen LogP contribution in [0.25, 0.3) is 12.2 Å². The van der Waals surface area contributed by atoms with E-state index in [4.69, 9.17) is 0 Å². The molecule has 25 heavy (non-hydrogen) atoms. The smallest absolute Gasteiger partial charge is 0.0674 e. The first kappa shape index (κ1) is 19.2. The second kappa shape index (κ2) is 8.82. The number of likely N-dealkylation sites (N-methyl/N-ethyl adjacent to an activating group) is 1. The van der Waals surface area contributed by atoms with Gasteiger partial charge < -0.3 is 5.32 Å². The Morgan fingerprint density at radius 1 is 1.36 bits per heavy atom. The number of nitrogens with zero attached hydrogens (tertiary/aromatic N) is 2. The summed E-state index contributed by atoms with van der Waals surface area (Å²) in [6, 6.07) is 2.36. The van der Waals surface area contributed by atoms with Gasteiger partial charge in [0.1, 0.15) is 0 Å². The van der Waals surface area contributed by atoms with Gasteiger partial charge >= 0.3 is 0 Å². The molecule has 1 unspecified atom stereocenters. The summed E-state index contributed by atoms with van der Waals surface area (Å²) in [5, 5.41) is 3.60. The third kappa shape index (κ3) is 4.49. The molecule has 3 heteroatoms. The molecule has 0 radical (unpaired) electrons. The first-order valence-electron chi connectivity index (χ1n) is 9.08. The van der Waals surface area contributed by atoms with Crippen LogP contribution in [0.4, 0.5) is 0 Å². The second-order valence-electron chi connectivity index (χ2n) is 6.75. The molecule has 134 valence electrons. The SMILES string of the molecule is C=Cc1ccnc(C=C)c1CN(C)C(C)C1=CC(C)=C(CCC)NC1. The van der Waals surface area contributed by atoms with Gasteiger partial charge in [-0.25, -0.2) is 0 Å². The highest BCUT2D eigenvalue weighted by molar-refractivity contribution is 5.59. The molecule has 0 aliphatic carbocycles. The fourth-order valence-corrected chi connectivity index (χ4v) is 3.30. The number of allylic oxidation sites excluding steroid dienone is 3. The van der Waals surface area contributed by atoms with Gasteiger partial charge in [-0.15, -0.1) is 0 Å². The Labute approximate surface area is 152 Å². The van der Waals surface area contributed by atoms with Gasteiger partial charge in [-0.1, -0.05) is 38.7 Å². The molecule has 0 aromatic carbocycles. The minimum atomic E-state index is 0.348. The summed E-state index contributed by atoms with van der Waals surface area (Å²) in [5.41, 5.74) is 7.42. The second-order valence-corrected chi connectivity index (χ2v) is 6.75. The zero-order chi connectivity index (χ0) is 18.4. The number of aromatic nitrogens is 1. The molecule has 1 aromatic heterocycles. The molecule has 2 heterocycles. The van der Waals surface area contributed by atoms with Crippen molar-refractivity contribution in [2.24, 2.45) is 0 Å². The van der Waals surface area contributed by atoms with Crippen LogP contribution in [0.15, 0.2) is 48.3 Å². The van der Waals surface area contributed by atoms with Crippen molar-refractivity contribution in [1.29, 1.82) is 0 Å². The third-order valence-corrected chi connectivity index (χ3v) is 5.03. The number of dihydropyridines is 1. The van der Waals surface area contributed by atoms with Gasteiger partial charge in [0, 0.05) is 31.0 Å². The lowest BCUT2D eigenvalue weighted by Crippen LogP contribution is -2.36.